The molecule has 2 rings (SSSR count). The van der Waals surface area contributed by atoms with Gasteiger partial charge in [0.05, 0.1) is 12.9 Å². The van der Waals surface area contributed by atoms with Gasteiger partial charge in [-0.3, -0.25) is 0 Å². The van der Waals surface area contributed by atoms with Crippen LogP contribution in [0.4, 0.5) is 8.78 Å². The average molecular weight is 310 g/mol. The van der Waals surface area contributed by atoms with Gasteiger partial charge >= 0.3 is 0 Å². The first kappa shape index (κ1) is 16.8. The summed E-state index contributed by atoms with van der Waals surface area (Å²) in [5, 5.41) is 0. The molecule has 1 unspecified atom stereocenters. The number of halogens is 2. The largest absolute Gasteiger partial charge is 0.493 e. The van der Waals surface area contributed by atoms with E-state index in [1.807, 2.05) is 0 Å². The van der Waals surface area contributed by atoms with Crippen LogP contribution in [-0.2, 0) is 4.74 Å². The van der Waals surface area contributed by atoms with Gasteiger partial charge in [-0.25, -0.2) is 4.39 Å². The number of benzene rings is 1. The van der Waals surface area contributed by atoms with Crippen LogP contribution in [0.1, 0.15) is 64.0 Å². The molecule has 0 saturated heterocycles. The lowest BCUT2D eigenvalue weighted by Crippen LogP contribution is -2.11. The minimum absolute atomic E-state index is 0.0460. The van der Waals surface area contributed by atoms with Crippen LogP contribution in [0.15, 0.2) is 24.0 Å². The zero-order chi connectivity index (χ0) is 15.9. The first-order valence-corrected chi connectivity index (χ1v) is 8.11. The summed E-state index contributed by atoms with van der Waals surface area (Å²) in [5.41, 5.74) is 1.53. The lowest BCUT2D eigenvalue weighted by atomic mass is 9.96. The first-order chi connectivity index (χ1) is 10.7. The Morgan fingerprint density at radius 3 is 2.64 bits per heavy atom. The maximum Gasteiger partial charge on any atom is 0.201 e. The van der Waals surface area contributed by atoms with Crippen molar-refractivity contribution in [3.63, 3.8) is 0 Å². The molecule has 22 heavy (non-hydrogen) atoms. The molecule has 0 saturated carbocycles. The third-order valence-corrected chi connectivity index (χ3v) is 3.95. The van der Waals surface area contributed by atoms with Crippen molar-refractivity contribution >= 4 is 0 Å². The molecular formula is C18H24F2O2. The van der Waals surface area contributed by atoms with E-state index < -0.39 is 17.7 Å². The number of ether oxygens (including phenoxy) is 2. The minimum atomic E-state index is -0.930. The van der Waals surface area contributed by atoms with E-state index in [1.165, 1.54) is 24.5 Å². The van der Waals surface area contributed by atoms with Gasteiger partial charge in [-0.05, 0) is 50.3 Å². The molecule has 0 fully saturated rings. The summed E-state index contributed by atoms with van der Waals surface area (Å²) in [7, 11) is 0. The van der Waals surface area contributed by atoms with Crippen molar-refractivity contribution in [2.24, 2.45) is 0 Å². The number of hydrogen-bond donors (Lipinski definition) is 0. The molecule has 1 aliphatic heterocycles. The standard InChI is InChI=1S/C18H24F2O2/c1-3-5-6-7-13-8-10-15(22-12-13)14-9-11-16(21-4-2)18(20)17(14)19/h9,11-12,15H,3-8,10H2,1-2H3. The van der Waals surface area contributed by atoms with Crippen LogP contribution >= 0.6 is 0 Å². The Kier molecular flexibility index (Phi) is 6.22. The fourth-order valence-electron chi connectivity index (χ4n) is 2.70. The second-order valence-electron chi connectivity index (χ2n) is 5.61. The molecule has 1 heterocycles. The van der Waals surface area contributed by atoms with Gasteiger partial charge in [0.25, 0.3) is 0 Å². The highest BCUT2D eigenvalue weighted by atomic mass is 19.2. The van der Waals surface area contributed by atoms with Gasteiger partial charge in [0, 0.05) is 5.56 Å². The van der Waals surface area contributed by atoms with Crippen molar-refractivity contribution < 1.29 is 18.3 Å². The Labute approximate surface area is 131 Å². The van der Waals surface area contributed by atoms with Crippen molar-refractivity contribution in [3.8, 4) is 5.75 Å². The molecular weight excluding hydrogens is 286 g/mol. The quantitative estimate of drug-likeness (QED) is 0.603. The van der Waals surface area contributed by atoms with E-state index >= 15 is 0 Å². The summed E-state index contributed by atoms with van der Waals surface area (Å²) in [6.07, 6.45) is 7.46. The minimum Gasteiger partial charge on any atom is -0.493 e. The van der Waals surface area contributed by atoms with Crippen LogP contribution in [0.2, 0.25) is 0 Å². The van der Waals surface area contributed by atoms with E-state index in [0.29, 0.717) is 13.0 Å². The van der Waals surface area contributed by atoms with Crippen molar-refractivity contribution in [2.45, 2.75) is 58.5 Å². The lowest BCUT2D eigenvalue weighted by Gasteiger charge is -2.24. The second-order valence-corrected chi connectivity index (χ2v) is 5.61. The molecule has 122 valence electrons. The summed E-state index contributed by atoms with van der Waals surface area (Å²) in [4.78, 5) is 0. The van der Waals surface area contributed by atoms with E-state index in [0.717, 1.165) is 19.3 Å². The maximum absolute atomic E-state index is 14.2. The van der Waals surface area contributed by atoms with E-state index in [2.05, 4.69) is 6.92 Å². The Hall–Kier alpha value is -1.58. The van der Waals surface area contributed by atoms with Gasteiger partial charge in [-0.1, -0.05) is 19.8 Å². The fraction of sp³-hybridized carbons (Fsp3) is 0.556. The molecule has 0 N–H and O–H groups in total. The molecule has 1 aromatic carbocycles. The molecule has 0 radical (unpaired) electrons. The predicted molar refractivity (Wildman–Crippen MR) is 82.8 cm³/mol. The van der Waals surface area contributed by atoms with Gasteiger partial charge in [-0.15, -0.1) is 0 Å². The van der Waals surface area contributed by atoms with Crippen molar-refractivity contribution in [3.05, 3.63) is 41.2 Å². The molecule has 1 atom stereocenters. The molecule has 1 aromatic rings. The zero-order valence-corrected chi connectivity index (χ0v) is 13.3. The lowest BCUT2D eigenvalue weighted by molar-refractivity contribution is 0.114. The first-order valence-electron chi connectivity index (χ1n) is 8.11. The predicted octanol–water partition coefficient (Wildman–Crippen LogP) is 5.68. The topological polar surface area (TPSA) is 18.5 Å². The molecule has 0 amide bonds. The van der Waals surface area contributed by atoms with Crippen LogP contribution < -0.4 is 4.74 Å². The number of allylic oxidation sites excluding steroid dienone is 1. The van der Waals surface area contributed by atoms with Crippen LogP contribution in [0.5, 0.6) is 5.75 Å². The summed E-state index contributed by atoms with van der Waals surface area (Å²) >= 11 is 0. The normalized spacial score (nSPS) is 17.8. The average Bonchev–Trinajstić information content (AvgIpc) is 2.53. The number of rotatable bonds is 7. The molecule has 0 spiro atoms. The van der Waals surface area contributed by atoms with Crippen molar-refractivity contribution in [2.75, 3.05) is 6.61 Å². The molecule has 2 nitrogen and oxygen atoms in total. The van der Waals surface area contributed by atoms with E-state index in [-0.39, 0.29) is 11.3 Å². The SMILES string of the molecule is CCCCCC1=COC(c2ccc(OCC)c(F)c2F)CC1. The van der Waals surface area contributed by atoms with Crippen LogP contribution in [-0.4, -0.2) is 6.61 Å². The van der Waals surface area contributed by atoms with E-state index in [1.54, 1.807) is 19.3 Å². The molecule has 1 aliphatic rings. The Balaban J connectivity index is 2.03. The summed E-state index contributed by atoms with van der Waals surface area (Å²) < 4.78 is 38.8. The zero-order valence-electron chi connectivity index (χ0n) is 13.3. The second kappa shape index (κ2) is 8.16. The third kappa shape index (κ3) is 3.99. The number of unbranched alkanes of at least 4 members (excludes halogenated alkanes) is 2. The molecule has 0 bridgehead atoms. The van der Waals surface area contributed by atoms with Crippen molar-refractivity contribution in [1.29, 1.82) is 0 Å². The highest BCUT2D eigenvalue weighted by molar-refractivity contribution is 5.33. The summed E-state index contributed by atoms with van der Waals surface area (Å²) in [5.74, 6) is -1.84. The molecule has 4 heteroatoms. The highest BCUT2D eigenvalue weighted by Crippen LogP contribution is 2.35. The number of hydrogen-bond acceptors (Lipinski definition) is 2. The monoisotopic (exact) mass is 310 g/mol. The highest BCUT2D eigenvalue weighted by Gasteiger charge is 2.24. The van der Waals surface area contributed by atoms with E-state index in [9.17, 15) is 8.78 Å². The van der Waals surface area contributed by atoms with Crippen molar-refractivity contribution in [1.82, 2.24) is 0 Å². The van der Waals surface area contributed by atoms with Gasteiger partial charge in [-0.2, -0.15) is 4.39 Å². The molecule has 0 aromatic heterocycles. The van der Waals surface area contributed by atoms with Gasteiger partial charge in [0.2, 0.25) is 5.82 Å². The van der Waals surface area contributed by atoms with Gasteiger partial charge < -0.3 is 9.47 Å². The summed E-state index contributed by atoms with van der Waals surface area (Å²) in [6, 6.07) is 3.03. The van der Waals surface area contributed by atoms with E-state index in [4.69, 9.17) is 9.47 Å². The van der Waals surface area contributed by atoms with Gasteiger partial charge in [0.1, 0.15) is 6.10 Å². The summed E-state index contributed by atoms with van der Waals surface area (Å²) in [6.45, 7) is 4.21. The third-order valence-electron chi connectivity index (χ3n) is 3.95. The molecule has 0 aliphatic carbocycles. The van der Waals surface area contributed by atoms with Crippen LogP contribution in [0.3, 0.4) is 0 Å². The fourth-order valence-corrected chi connectivity index (χ4v) is 2.70. The Morgan fingerprint density at radius 1 is 1.18 bits per heavy atom. The Morgan fingerprint density at radius 2 is 2.00 bits per heavy atom. The maximum atomic E-state index is 14.2. The van der Waals surface area contributed by atoms with Gasteiger partial charge in [0.15, 0.2) is 11.6 Å². The Bertz CT molecular complexity index is 526. The smallest absolute Gasteiger partial charge is 0.201 e. The van der Waals surface area contributed by atoms with Crippen LogP contribution in [0.25, 0.3) is 0 Å². The van der Waals surface area contributed by atoms with Crippen LogP contribution in [0, 0.1) is 11.6 Å².